The van der Waals surface area contributed by atoms with Crippen LogP contribution in [0.15, 0.2) is 12.7 Å². The molecule has 0 fully saturated rings. The molecule has 0 aromatic heterocycles. The van der Waals surface area contributed by atoms with E-state index in [1.54, 1.807) is 13.2 Å². The highest BCUT2D eigenvalue weighted by Crippen LogP contribution is 2.10. The van der Waals surface area contributed by atoms with Gasteiger partial charge in [0.15, 0.2) is 0 Å². The van der Waals surface area contributed by atoms with Gasteiger partial charge in [-0.15, -0.1) is 6.58 Å². The predicted molar refractivity (Wildman–Crippen MR) is 58.6 cm³/mol. The Morgan fingerprint density at radius 3 is 2.53 bits per heavy atom. The Labute approximate surface area is 91.8 Å². The Balaban J connectivity index is 3.55. The van der Waals surface area contributed by atoms with Crippen molar-refractivity contribution in [3.05, 3.63) is 12.7 Å². The number of hydrogen-bond acceptors (Lipinski definition) is 4. The van der Waals surface area contributed by atoms with Crippen LogP contribution in [0.4, 0.5) is 0 Å². The Bertz CT molecular complexity index is 161. The van der Waals surface area contributed by atoms with E-state index in [1.807, 2.05) is 13.8 Å². The molecular formula is C11H22O4. The number of methoxy groups -OCH3 is 1. The van der Waals surface area contributed by atoms with Gasteiger partial charge in [0.05, 0.1) is 25.4 Å². The second-order valence-electron chi connectivity index (χ2n) is 3.48. The maximum absolute atomic E-state index is 9.71. The molecule has 0 rings (SSSR count). The van der Waals surface area contributed by atoms with Gasteiger partial charge in [-0.2, -0.15) is 0 Å². The van der Waals surface area contributed by atoms with Crippen LogP contribution in [0.25, 0.3) is 0 Å². The summed E-state index contributed by atoms with van der Waals surface area (Å²) in [6.45, 7) is 8.54. The molecule has 0 aromatic rings. The molecule has 0 aliphatic rings. The van der Waals surface area contributed by atoms with Crippen LogP contribution in [0.1, 0.15) is 13.8 Å². The molecule has 3 atom stereocenters. The minimum Gasteiger partial charge on any atom is -0.390 e. The average molecular weight is 218 g/mol. The zero-order valence-corrected chi connectivity index (χ0v) is 9.81. The summed E-state index contributed by atoms with van der Waals surface area (Å²) in [7, 11) is 1.61. The van der Waals surface area contributed by atoms with Crippen LogP contribution in [0.5, 0.6) is 0 Å². The van der Waals surface area contributed by atoms with Crippen molar-refractivity contribution in [1.82, 2.24) is 0 Å². The second-order valence-corrected chi connectivity index (χ2v) is 3.48. The largest absolute Gasteiger partial charge is 0.390 e. The molecule has 0 aliphatic heterocycles. The van der Waals surface area contributed by atoms with Crippen molar-refractivity contribution in [3.63, 3.8) is 0 Å². The SMILES string of the molecule is C=C[C@@H](C)[C@H](O)[C@@H](C)OCOCCOC. The van der Waals surface area contributed by atoms with Gasteiger partial charge in [-0.3, -0.25) is 0 Å². The van der Waals surface area contributed by atoms with E-state index in [0.29, 0.717) is 13.2 Å². The van der Waals surface area contributed by atoms with Crippen LogP contribution in [0.3, 0.4) is 0 Å². The molecule has 90 valence electrons. The molecule has 0 heterocycles. The van der Waals surface area contributed by atoms with Gasteiger partial charge in [-0.25, -0.2) is 0 Å². The van der Waals surface area contributed by atoms with Crippen LogP contribution in [0.2, 0.25) is 0 Å². The van der Waals surface area contributed by atoms with Crippen molar-refractivity contribution in [3.8, 4) is 0 Å². The number of hydrogen-bond donors (Lipinski definition) is 1. The van der Waals surface area contributed by atoms with Gasteiger partial charge in [0.1, 0.15) is 6.79 Å². The standard InChI is InChI=1S/C11H22O4/c1-5-9(2)11(12)10(3)15-8-14-7-6-13-4/h5,9-12H,1,6-8H2,2-4H3/t9-,10-,11+/m1/s1. The van der Waals surface area contributed by atoms with Crippen molar-refractivity contribution < 1.29 is 19.3 Å². The number of aliphatic hydroxyl groups is 1. The van der Waals surface area contributed by atoms with Crippen LogP contribution < -0.4 is 0 Å². The summed E-state index contributed by atoms with van der Waals surface area (Å²) < 4.78 is 15.2. The summed E-state index contributed by atoms with van der Waals surface area (Å²) >= 11 is 0. The molecular weight excluding hydrogens is 196 g/mol. The second kappa shape index (κ2) is 8.85. The Kier molecular flexibility index (Phi) is 8.61. The molecule has 0 amide bonds. The maximum Gasteiger partial charge on any atom is 0.147 e. The summed E-state index contributed by atoms with van der Waals surface area (Å²) in [5, 5.41) is 9.71. The van der Waals surface area contributed by atoms with E-state index >= 15 is 0 Å². The molecule has 0 radical (unpaired) electrons. The lowest BCUT2D eigenvalue weighted by Gasteiger charge is -2.22. The van der Waals surface area contributed by atoms with Gasteiger partial charge >= 0.3 is 0 Å². The lowest BCUT2D eigenvalue weighted by Crippen LogP contribution is -2.31. The zero-order chi connectivity index (χ0) is 11.7. The molecule has 4 nitrogen and oxygen atoms in total. The molecule has 0 aliphatic carbocycles. The summed E-state index contributed by atoms with van der Waals surface area (Å²) in [6.07, 6.45) is 0.894. The van der Waals surface area contributed by atoms with E-state index in [0.717, 1.165) is 0 Å². The van der Waals surface area contributed by atoms with Gasteiger partial charge in [0.25, 0.3) is 0 Å². The highest BCUT2D eigenvalue weighted by Gasteiger charge is 2.19. The first-order chi connectivity index (χ1) is 7.13. The average Bonchev–Trinajstić information content (AvgIpc) is 2.26. The molecule has 1 N–H and O–H groups in total. The maximum atomic E-state index is 9.71. The lowest BCUT2D eigenvalue weighted by molar-refractivity contribution is -0.128. The van der Waals surface area contributed by atoms with Gasteiger partial charge in [0.2, 0.25) is 0 Å². The van der Waals surface area contributed by atoms with Crippen LogP contribution in [-0.4, -0.2) is 44.4 Å². The number of ether oxygens (including phenoxy) is 3. The predicted octanol–water partition coefficient (Wildman–Crippen LogP) is 1.19. The molecule has 4 heteroatoms. The first-order valence-corrected chi connectivity index (χ1v) is 5.12. The summed E-state index contributed by atoms with van der Waals surface area (Å²) in [4.78, 5) is 0. The first kappa shape index (κ1) is 14.6. The lowest BCUT2D eigenvalue weighted by atomic mass is 10.0. The van der Waals surface area contributed by atoms with Crippen molar-refractivity contribution >= 4 is 0 Å². The van der Waals surface area contributed by atoms with E-state index in [9.17, 15) is 5.11 Å². The van der Waals surface area contributed by atoms with E-state index in [-0.39, 0.29) is 18.8 Å². The third-order valence-corrected chi connectivity index (χ3v) is 2.24. The zero-order valence-electron chi connectivity index (χ0n) is 9.81. The van der Waals surface area contributed by atoms with Gasteiger partial charge < -0.3 is 19.3 Å². The highest BCUT2D eigenvalue weighted by atomic mass is 16.7. The molecule has 0 aromatic carbocycles. The molecule has 0 unspecified atom stereocenters. The molecule has 0 spiro atoms. The van der Waals surface area contributed by atoms with Crippen molar-refractivity contribution in [2.75, 3.05) is 27.1 Å². The monoisotopic (exact) mass is 218 g/mol. The van der Waals surface area contributed by atoms with E-state index < -0.39 is 6.10 Å². The van der Waals surface area contributed by atoms with Crippen molar-refractivity contribution in [1.29, 1.82) is 0 Å². The van der Waals surface area contributed by atoms with Gasteiger partial charge in [-0.05, 0) is 6.92 Å². The fourth-order valence-electron chi connectivity index (χ4n) is 1.02. The van der Waals surface area contributed by atoms with Crippen molar-refractivity contribution in [2.45, 2.75) is 26.1 Å². The van der Waals surface area contributed by atoms with Crippen LogP contribution in [-0.2, 0) is 14.2 Å². The first-order valence-electron chi connectivity index (χ1n) is 5.12. The number of aliphatic hydroxyl groups excluding tert-OH is 1. The molecule has 0 saturated heterocycles. The minimum atomic E-state index is -0.548. The summed E-state index contributed by atoms with van der Waals surface area (Å²) in [6, 6.07) is 0. The number of rotatable bonds is 9. The van der Waals surface area contributed by atoms with Crippen LogP contribution in [0, 0.1) is 5.92 Å². The Morgan fingerprint density at radius 1 is 1.33 bits per heavy atom. The van der Waals surface area contributed by atoms with Gasteiger partial charge in [-0.1, -0.05) is 13.0 Å². The van der Waals surface area contributed by atoms with E-state index in [4.69, 9.17) is 14.2 Å². The minimum absolute atomic E-state index is 0.0129. The fraction of sp³-hybridized carbons (Fsp3) is 0.818. The highest BCUT2D eigenvalue weighted by molar-refractivity contribution is 4.83. The third-order valence-electron chi connectivity index (χ3n) is 2.24. The Hall–Kier alpha value is -0.420. The summed E-state index contributed by atoms with van der Waals surface area (Å²) in [5.41, 5.74) is 0. The normalized spacial score (nSPS) is 17.1. The summed E-state index contributed by atoms with van der Waals surface area (Å²) in [5.74, 6) is 0.0129. The van der Waals surface area contributed by atoms with E-state index in [2.05, 4.69) is 6.58 Å². The quantitative estimate of drug-likeness (QED) is 0.359. The van der Waals surface area contributed by atoms with Gasteiger partial charge in [0, 0.05) is 13.0 Å². The molecule has 0 saturated carbocycles. The molecule has 0 bridgehead atoms. The smallest absolute Gasteiger partial charge is 0.147 e. The van der Waals surface area contributed by atoms with Crippen molar-refractivity contribution in [2.24, 2.45) is 5.92 Å². The Morgan fingerprint density at radius 2 is 2.00 bits per heavy atom. The topological polar surface area (TPSA) is 47.9 Å². The fourth-order valence-corrected chi connectivity index (χ4v) is 1.02. The van der Waals surface area contributed by atoms with Crippen LogP contribution >= 0.6 is 0 Å². The van der Waals surface area contributed by atoms with E-state index in [1.165, 1.54) is 0 Å². The molecule has 15 heavy (non-hydrogen) atoms. The third kappa shape index (κ3) is 6.62.